The lowest BCUT2D eigenvalue weighted by Gasteiger charge is -2.28. The number of nitrogens with zero attached hydrogens (tertiary/aromatic N) is 4. The lowest BCUT2D eigenvalue weighted by molar-refractivity contribution is 0.102. The Labute approximate surface area is 264 Å². The number of nitrogens with two attached hydrogens (primary N) is 1. The van der Waals surface area contributed by atoms with E-state index < -0.39 is 22.0 Å². The average molecular weight is 645 g/mol. The van der Waals surface area contributed by atoms with Crippen LogP contribution in [0.5, 0.6) is 11.6 Å². The number of ether oxygens (including phenoxy) is 2. The number of carbonyl (C=O) groups is 2. The fraction of sp³-hybridized carbons (Fsp3) is 0.467. The van der Waals surface area contributed by atoms with Gasteiger partial charge in [0.2, 0.25) is 10.0 Å². The smallest absolute Gasteiger partial charge is 0.414 e. The molecule has 1 heterocycles. The summed E-state index contributed by atoms with van der Waals surface area (Å²) in [5.74, 6) is -0.559. The van der Waals surface area contributed by atoms with Crippen LogP contribution in [0.1, 0.15) is 56.1 Å². The molecule has 0 aliphatic rings. The highest BCUT2D eigenvalue weighted by molar-refractivity contribution is 7.92. The van der Waals surface area contributed by atoms with Crippen LogP contribution in [0.4, 0.5) is 22.0 Å². The molecule has 0 saturated heterocycles. The first kappa shape index (κ1) is 35.1. The minimum absolute atomic E-state index is 0.0330. The van der Waals surface area contributed by atoms with Crippen molar-refractivity contribution in [3.8, 4) is 17.3 Å². The number of methoxy groups -OCH3 is 1. The number of aromatic nitrogens is 3. The Kier molecular flexibility index (Phi) is 10.4. The second kappa shape index (κ2) is 13.3. The number of carbonyl (C=O) groups excluding carboxylic acids is 2. The lowest BCUT2D eigenvalue weighted by Crippen LogP contribution is -2.41. The SMILES string of the molecule is COc1c(NC(=O)c2ccc(C)c(-n3nnc(OC(=O)NCC(C)(C)CN(C)C)c3N)c2)cc(C(C)(C)C)cc1NS(C)(=O)=O. The van der Waals surface area contributed by atoms with Gasteiger partial charge in [-0.2, -0.15) is 4.68 Å². The van der Waals surface area contributed by atoms with E-state index in [0.29, 0.717) is 12.2 Å². The van der Waals surface area contributed by atoms with Crippen LogP contribution in [-0.2, 0) is 15.4 Å². The van der Waals surface area contributed by atoms with E-state index in [-0.39, 0.29) is 45.2 Å². The number of hydrogen-bond acceptors (Lipinski definition) is 10. The van der Waals surface area contributed by atoms with E-state index in [9.17, 15) is 18.0 Å². The summed E-state index contributed by atoms with van der Waals surface area (Å²) in [5, 5.41) is 13.6. The van der Waals surface area contributed by atoms with Gasteiger partial charge in [-0.05, 0) is 67.2 Å². The second-order valence-electron chi connectivity index (χ2n) is 13.0. The highest BCUT2D eigenvalue weighted by Crippen LogP contribution is 2.39. The Bertz CT molecular complexity index is 1680. The van der Waals surface area contributed by atoms with E-state index in [1.54, 1.807) is 37.3 Å². The average Bonchev–Trinajstić information content (AvgIpc) is 3.24. The number of sulfonamides is 1. The predicted molar refractivity (Wildman–Crippen MR) is 175 cm³/mol. The molecule has 14 nitrogen and oxygen atoms in total. The molecule has 3 aromatic rings. The number of hydrogen-bond donors (Lipinski definition) is 4. The van der Waals surface area contributed by atoms with E-state index >= 15 is 0 Å². The van der Waals surface area contributed by atoms with Gasteiger partial charge in [-0.1, -0.05) is 51.0 Å². The Morgan fingerprint density at radius 2 is 1.71 bits per heavy atom. The van der Waals surface area contributed by atoms with Crippen molar-refractivity contribution in [1.29, 1.82) is 0 Å². The summed E-state index contributed by atoms with van der Waals surface area (Å²) >= 11 is 0. The van der Waals surface area contributed by atoms with Crippen molar-refractivity contribution in [3.63, 3.8) is 0 Å². The molecule has 246 valence electrons. The minimum Gasteiger partial charge on any atom is -0.492 e. The fourth-order valence-electron chi connectivity index (χ4n) is 4.70. The van der Waals surface area contributed by atoms with Gasteiger partial charge < -0.3 is 30.7 Å². The van der Waals surface area contributed by atoms with Gasteiger partial charge in [-0.3, -0.25) is 9.52 Å². The normalized spacial score (nSPS) is 12.2. The van der Waals surface area contributed by atoms with Crippen LogP contribution < -0.4 is 30.6 Å². The largest absolute Gasteiger partial charge is 0.492 e. The molecule has 0 unspecified atom stereocenters. The van der Waals surface area contributed by atoms with Gasteiger partial charge in [-0.25, -0.2) is 13.2 Å². The van der Waals surface area contributed by atoms with Crippen molar-refractivity contribution in [1.82, 2.24) is 25.2 Å². The maximum Gasteiger partial charge on any atom is 0.414 e. The second-order valence-corrected chi connectivity index (χ2v) is 14.8. The van der Waals surface area contributed by atoms with Crippen molar-refractivity contribution in [2.75, 3.05) is 56.3 Å². The number of aryl methyl sites for hydroxylation is 1. The standard InChI is InChI=1S/C30H44N8O6S/c1-18-11-12-19(26(39)33-21-14-20(29(2,3)4)15-22(24(21)43-9)35-45(10,41)42)13-23(18)38-25(31)27(34-36-38)44-28(40)32-16-30(5,6)17-37(7)8/h11-15,35H,16-17,31H2,1-10H3,(H,32,40)(H,33,39). The van der Waals surface area contributed by atoms with Crippen molar-refractivity contribution in [2.45, 2.75) is 47.0 Å². The van der Waals surface area contributed by atoms with Gasteiger partial charge in [0.25, 0.3) is 11.8 Å². The highest BCUT2D eigenvalue weighted by atomic mass is 32.2. The van der Waals surface area contributed by atoms with Gasteiger partial charge in [0.15, 0.2) is 11.6 Å². The maximum atomic E-state index is 13.5. The molecular weight excluding hydrogens is 600 g/mol. The Hall–Kier alpha value is -4.37. The molecule has 15 heteroatoms. The molecule has 5 N–H and O–H groups in total. The number of anilines is 3. The monoisotopic (exact) mass is 644 g/mol. The van der Waals surface area contributed by atoms with E-state index in [4.69, 9.17) is 15.2 Å². The molecule has 0 bridgehead atoms. The molecule has 0 aliphatic carbocycles. The zero-order chi connectivity index (χ0) is 33.9. The number of benzene rings is 2. The van der Waals surface area contributed by atoms with E-state index in [1.165, 1.54) is 11.8 Å². The summed E-state index contributed by atoms with van der Waals surface area (Å²) in [6, 6.07) is 8.32. The van der Waals surface area contributed by atoms with Crippen molar-refractivity contribution < 1.29 is 27.5 Å². The zero-order valence-corrected chi connectivity index (χ0v) is 28.3. The van der Waals surface area contributed by atoms with Gasteiger partial charge in [0, 0.05) is 18.7 Å². The Morgan fingerprint density at radius 3 is 2.29 bits per heavy atom. The van der Waals surface area contributed by atoms with E-state index in [2.05, 4.69) is 25.7 Å². The molecule has 0 radical (unpaired) electrons. The molecule has 45 heavy (non-hydrogen) atoms. The summed E-state index contributed by atoms with van der Waals surface area (Å²) in [6.07, 6.45) is 0.315. The zero-order valence-electron chi connectivity index (χ0n) is 27.5. The molecule has 0 aliphatic heterocycles. The van der Waals surface area contributed by atoms with E-state index in [0.717, 1.165) is 23.9 Å². The molecule has 0 spiro atoms. The van der Waals surface area contributed by atoms with Crippen molar-refractivity contribution in [3.05, 3.63) is 47.0 Å². The van der Waals surface area contributed by atoms with Gasteiger partial charge >= 0.3 is 6.09 Å². The third kappa shape index (κ3) is 9.31. The van der Waals surface area contributed by atoms with Crippen LogP contribution >= 0.6 is 0 Å². The van der Waals surface area contributed by atoms with Gasteiger partial charge in [0.05, 0.1) is 30.4 Å². The lowest BCUT2D eigenvalue weighted by atomic mass is 9.86. The molecule has 0 fully saturated rings. The number of nitrogens with one attached hydrogen (secondary N) is 3. The summed E-state index contributed by atoms with van der Waals surface area (Å²) < 4.78 is 38.7. The number of amides is 2. The molecule has 1 aromatic heterocycles. The van der Waals surface area contributed by atoms with Crippen LogP contribution in [-0.4, -0.2) is 80.9 Å². The first-order valence-corrected chi connectivity index (χ1v) is 16.0. The first-order valence-electron chi connectivity index (χ1n) is 14.1. The quantitative estimate of drug-likeness (QED) is 0.240. The Morgan fingerprint density at radius 1 is 1.07 bits per heavy atom. The summed E-state index contributed by atoms with van der Waals surface area (Å²) in [4.78, 5) is 28.0. The Balaban J connectivity index is 1.89. The molecule has 3 rings (SSSR count). The minimum atomic E-state index is -3.64. The number of nitrogen functional groups attached to an aromatic ring is 1. The maximum absolute atomic E-state index is 13.5. The van der Waals surface area contributed by atoms with Crippen molar-refractivity contribution >= 4 is 39.2 Å². The van der Waals surface area contributed by atoms with Crippen molar-refractivity contribution in [2.24, 2.45) is 5.41 Å². The van der Waals surface area contributed by atoms with E-state index in [1.807, 2.05) is 53.6 Å². The van der Waals surface area contributed by atoms with Gasteiger partial charge in [0.1, 0.15) is 0 Å². The summed E-state index contributed by atoms with van der Waals surface area (Å²) in [6.45, 7) is 12.9. The van der Waals surface area contributed by atoms with Crippen LogP contribution in [0.3, 0.4) is 0 Å². The molecule has 2 aromatic carbocycles. The first-order chi connectivity index (χ1) is 20.7. The molecular formula is C30H44N8O6S. The predicted octanol–water partition coefficient (Wildman–Crippen LogP) is 3.76. The van der Waals surface area contributed by atoms with Crippen LogP contribution in [0, 0.1) is 12.3 Å². The highest BCUT2D eigenvalue weighted by Gasteiger charge is 2.25. The third-order valence-electron chi connectivity index (χ3n) is 6.72. The summed E-state index contributed by atoms with van der Waals surface area (Å²) in [5.41, 5.74) is 8.33. The summed E-state index contributed by atoms with van der Waals surface area (Å²) in [7, 11) is 1.65. The fourth-order valence-corrected chi connectivity index (χ4v) is 5.25. The van der Waals surface area contributed by atoms with Crippen LogP contribution in [0.25, 0.3) is 5.69 Å². The topological polar surface area (TPSA) is 183 Å². The molecule has 2 amide bonds. The molecule has 0 atom stereocenters. The third-order valence-corrected chi connectivity index (χ3v) is 7.31. The number of rotatable bonds is 11. The van der Waals surface area contributed by atoms with Gasteiger partial charge in [-0.15, -0.1) is 0 Å². The van der Waals surface area contributed by atoms with Crippen LogP contribution in [0.15, 0.2) is 30.3 Å². The molecule has 0 saturated carbocycles. The van der Waals surface area contributed by atoms with Crippen LogP contribution in [0.2, 0.25) is 0 Å².